The molecule has 1 aromatic carbocycles. The second kappa shape index (κ2) is 8.82. The Bertz CT molecular complexity index is 691. The van der Waals surface area contributed by atoms with Crippen molar-refractivity contribution in [3.63, 3.8) is 0 Å². The predicted octanol–water partition coefficient (Wildman–Crippen LogP) is 3.40. The van der Waals surface area contributed by atoms with E-state index in [9.17, 15) is 4.79 Å². The first-order valence-corrected chi connectivity index (χ1v) is 8.18. The van der Waals surface area contributed by atoms with Crippen LogP contribution in [0.15, 0.2) is 30.6 Å². The van der Waals surface area contributed by atoms with Gasteiger partial charge in [0.05, 0.1) is 15.6 Å². The Morgan fingerprint density at radius 3 is 2.50 bits per heavy atom. The molecule has 6 nitrogen and oxygen atoms in total. The number of halogens is 2. The van der Waals surface area contributed by atoms with E-state index in [0.717, 1.165) is 19.5 Å². The lowest BCUT2D eigenvalue weighted by Gasteiger charge is -2.10. The minimum absolute atomic E-state index is 0.312. The number of rotatable bonds is 7. The molecule has 0 radical (unpaired) electrons. The van der Waals surface area contributed by atoms with Crippen molar-refractivity contribution in [2.45, 2.75) is 6.42 Å². The van der Waals surface area contributed by atoms with Gasteiger partial charge in [0.25, 0.3) is 5.91 Å². The summed E-state index contributed by atoms with van der Waals surface area (Å²) in [5.41, 5.74) is 0.917. The average Bonchev–Trinajstić information content (AvgIpc) is 2.55. The highest BCUT2D eigenvalue weighted by atomic mass is 35.5. The molecule has 0 aliphatic rings. The van der Waals surface area contributed by atoms with Crippen LogP contribution in [0.4, 0.5) is 11.6 Å². The summed E-state index contributed by atoms with van der Waals surface area (Å²) < 4.78 is 0. The van der Waals surface area contributed by atoms with E-state index in [4.69, 9.17) is 23.2 Å². The fourth-order valence-corrected chi connectivity index (χ4v) is 2.21. The zero-order valence-electron chi connectivity index (χ0n) is 13.5. The predicted molar refractivity (Wildman–Crippen MR) is 98.1 cm³/mol. The fraction of sp³-hybridized carbons (Fsp3) is 0.312. The topological polar surface area (TPSA) is 70.2 Å². The van der Waals surface area contributed by atoms with Gasteiger partial charge < -0.3 is 15.5 Å². The average molecular weight is 368 g/mol. The van der Waals surface area contributed by atoms with Gasteiger partial charge in [0.1, 0.15) is 0 Å². The summed E-state index contributed by atoms with van der Waals surface area (Å²) >= 11 is 11.8. The second-order valence-corrected chi connectivity index (χ2v) is 6.28. The van der Waals surface area contributed by atoms with Crippen LogP contribution in [0, 0.1) is 0 Å². The Balaban J connectivity index is 1.89. The Kier molecular flexibility index (Phi) is 6.78. The maximum Gasteiger partial charge on any atom is 0.258 e. The van der Waals surface area contributed by atoms with Crippen LogP contribution in [0.5, 0.6) is 0 Å². The second-order valence-electron chi connectivity index (χ2n) is 5.46. The zero-order chi connectivity index (χ0) is 17.5. The fourth-order valence-electron chi connectivity index (χ4n) is 1.91. The van der Waals surface area contributed by atoms with E-state index < -0.39 is 0 Å². The van der Waals surface area contributed by atoms with Gasteiger partial charge in [-0.2, -0.15) is 0 Å². The van der Waals surface area contributed by atoms with Crippen LogP contribution < -0.4 is 10.6 Å². The summed E-state index contributed by atoms with van der Waals surface area (Å²) in [7, 11) is 4.05. The molecule has 0 spiro atoms. The van der Waals surface area contributed by atoms with Crippen molar-refractivity contribution in [3.8, 4) is 0 Å². The number of carbonyl (C=O) groups excluding carboxylic acids is 1. The Morgan fingerprint density at radius 1 is 1.17 bits per heavy atom. The molecule has 0 fully saturated rings. The molecule has 1 amide bonds. The van der Waals surface area contributed by atoms with Crippen molar-refractivity contribution in [2.75, 3.05) is 37.8 Å². The number of hydrogen-bond donors (Lipinski definition) is 2. The number of hydrogen-bond acceptors (Lipinski definition) is 5. The smallest absolute Gasteiger partial charge is 0.258 e. The Morgan fingerprint density at radius 2 is 1.88 bits per heavy atom. The van der Waals surface area contributed by atoms with Crippen LogP contribution in [-0.2, 0) is 0 Å². The maximum absolute atomic E-state index is 12.2. The molecule has 0 atom stereocenters. The van der Waals surface area contributed by atoms with E-state index >= 15 is 0 Å². The van der Waals surface area contributed by atoms with Crippen molar-refractivity contribution < 1.29 is 4.79 Å². The zero-order valence-corrected chi connectivity index (χ0v) is 15.0. The molecular weight excluding hydrogens is 349 g/mol. The van der Waals surface area contributed by atoms with Crippen LogP contribution in [0.2, 0.25) is 10.0 Å². The van der Waals surface area contributed by atoms with E-state index in [1.54, 1.807) is 18.2 Å². The lowest BCUT2D eigenvalue weighted by atomic mass is 10.3. The third kappa shape index (κ3) is 5.63. The first-order chi connectivity index (χ1) is 11.5. The molecule has 2 aromatic rings. The molecule has 0 bridgehead atoms. The molecule has 2 rings (SSSR count). The number of nitrogens with zero attached hydrogens (tertiary/aromatic N) is 3. The number of amides is 1. The molecule has 0 aliphatic carbocycles. The van der Waals surface area contributed by atoms with Crippen LogP contribution >= 0.6 is 23.2 Å². The lowest BCUT2D eigenvalue weighted by Crippen LogP contribution is -2.17. The van der Waals surface area contributed by atoms with Crippen molar-refractivity contribution in [1.82, 2.24) is 14.9 Å². The molecule has 128 valence electrons. The monoisotopic (exact) mass is 367 g/mol. The SMILES string of the molecule is CN(C)CCCNc1ncc(C(=O)Nc2ccc(Cl)c(Cl)c2)cn1. The summed E-state index contributed by atoms with van der Waals surface area (Å²) in [4.78, 5) is 22.6. The maximum atomic E-state index is 12.2. The minimum Gasteiger partial charge on any atom is -0.354 e. The number of anilines is 2. The third-order valence-corrected chi connectivity index (χ3v) is 3.90. The molecular formula is C16H19Cl2N5O. The van der Waals surface area contributed by atoms with Gasteiger partial charge in [-0.05, 0) is 45.3 Å². The summed E-state index contributed by atoms with van der Waals surface area (Å²) in [5.74, 6) is 0.187. The van der Waals surface area contributed by atoms with E-state index in [0.29, 0.717) is 27.2 Å². The van der Waals surface area contributed by atoms with Crippen molar-refractivity contribution in [3.05, 3.63) is 46.2 Å². The van der Waals surface area contributed by atoms with Crippen LogP contribution in [0.3, 0.4) is 0 Å². The van der Waals surface area contributed by atoms with Crippen LogP contribution in [0.25, 0.3) is 0 Å². The summed E-state index contributed by atoms with van der Waals surface area (Å²) in [6, 6.07) is 4.88. The van der Waals surface area contributed by atoms with Gasteiger partial charge in [-0.15, -0.1) is 0 Å². The molecule has 0 aliphatic heterocycles. The summed E-state index contributed by atoms with van der Waals surface area (Å²) in [6.45, 7) is 1.75. The third-order valence-electron chi connectivity index (χ3n) is 3.16. The Labute approximate surface area is 151 Å². The van der Waals surface area contributed by atoms with Gasteiger partial charge in [0.15, 0.2) is 0 Å². The van der Waals surface area contributed by atoms with Gasteiger partial charge in [-0.1, -0.05) is 23.2 Å². The number of benzene rings is 1. The Hall–Kier alpha value is -1.89. The number of aromatic nitrogens is 2. The molecule has 8 heteroatoms. The van der Waals surface area contributed by atoms with E-state index in [-0.39, 0.29) is 5.91 Å². The summed E-state index contributed by atoms with van der Waals surface area (Å²) in [6.07, 6.45) is 3.94. The molecule has 0 saturated heterocycles. The highest BCUT2D eigenvalue weighted by molar-refractivity contribution is 6.42. The first kappa shape index (κ1) is 18.4. The van der Waals surface area contributed by atoms with Crippen molar-refractivity contribution in [1.29, 1.82) is 0 Å². The van der Waals surface area contributed by atoms with Crippen molar-refractivity contribution >= 4 is 40.7 Å². The van der Waals surface area contributed by atoms with Crippen molar-refractivity contribution in [2.24, 2.45) is 0 Å². The van der Waals surface area contributed by atoms with Gasteiger partial charge in [0, 0.05) is 24.6 Å². The highest BCUT2D eigenvalue weighted by Crippen LogP contribution is 2.25. The summed E-state index contributed by atoms with van der Waals surface area (Å²) in [5, 5.41) is 6.65. The molecule has 1 heterocycles. The van der Waals surface area contributed by atoms with E-state index in [1.165, 1.54) is 12.4 Å². The van der Waals surface area contributed by atoms with Gasteiger partial charge in [-0.25, -0.2) is 9.97 Å². The van der Waals surface area contributed by atoms with Crippen LogP contribution in [-0.4, -0.2) is 48.0 Å². The van der Waals surface area contributed by atoms with Crippen LogP contribution in [0.1, 0.15) is 16.8 Å². The molecule has 1 aromatic heterocycles. The first-order valence-electron chi connectivity index (χ1n) is 7.43. The molecule has 24 heavy (non-hydrogen) atoms. The van der Waals surface area contributed by atoms with E-state index in [1.807, 2.05) is 14.1 Å². The molecule has 0 saturated carbocycles. The molecule has 0 unspecified atom stereocenters. The highest BCUT2D eigenvalue weighted by Gasteiger charge is 2.09. The lowest BCUT2D eigenvalue weighted by molar-refractivity contribution is 0.102. The largest absolute Gasteiger partial charge is 0.354 e. The minimum atomic E-state index is -0.312. The number of nitrogens with one attached hydrogen (secondary N) is 2. The number of carbonyl (C=O) groups is 1. The van der Waals surface area contributed by atoms with Gasteiger partial charge in [0.2, 0.25) is 5.95 Å². The van der Waals surface area contributed by atoms with E-state index in [2.05, 4.69) is 25.5 Å². The van der Waals surface area contributed by atoms with Gasteiger partial charge >= 0.3 is 0 Å². The van der Waals surface area contributed by atoms with Gasteiger partial charge in [-0.3, -0.25) is 4.79 Å². The normalized spacial score (nSPS) is 10.7. The molecule has 2 N–H and O–H groups in total. The quantitative estimate of drug-likeness (QED) is 0.733. The standard InChI is InChI=1S/C16H19Cl2N5O/c1-23(2)7-3-6-19-16-20-9-11(10-21-16)15(24)22-12-4-5-13(17)14(18)8-12/h4-5,8-10H,3,6-7H2,1-2H3,(H,22,24)(H,19,20,21).